The van der Waals surface area contributed by atoms with Crippen molar-refractivity contribution in [1.29, 1.82) is 0 Å². The van der Waals surface area contributed by atoms with Gasteiger partial charge in [0, 0.05) is 0 Å². The molecule has 0 aliphatic rings. The number of rotatable bonds is 2. The molecule has 0 heterocycles. The molecule has 1 rings (SSSR count). The Labute approximate surface area is 83.5 Å². The Morgan fingerprint density at radius 1 is 1.25 bits per heavy atom. The van der Waals surface area contributed by atoms with Crippen LogP contribution in [0.2, 0.25) is 0 Å². The first kappa shape index (κ1) is 9.99. The van der Waals surface area contributed by atoms with Crippen molar-refractivity contribution in [3.8, 4) is 0 Å². The number of aryl methyl sites for hydroxylation is 1. The molecule has 0 nitrogen and oxygen atoms in total. The Bertz CT molecular complexity index is 265. The van der Waals surface area contributed by atoms with Crippen molar-refractivity contribution in [3.63, 3.8) is 0 Å². The number of hydrogen-bond acceptors (Lipinski definition) is 1. The van der Waals surface area contributed by atoms with Crippen LogP contribution in [-0.2, 0) is 6.42 Å². The molecule has 0 bridgehead atoms. The van der Waals surface area contributed by atoms with Gasteiger partial charge in [-0.3, -0.25) is 0 Å². The van der Waals surface area contributed by atoms with Crippen LogP contribution in [-0.4, -0.2) is 5.75 Å². The van der Waals surface area contributed by atoms with Crippen LogP contribution in [0.25, 0.3) is 0 Å². The van der Waals surface area contributed by atoms with E-state index in [-0.39, 0.29) is 4.47 Å². The molecule has 0 amide bonds. The summed E-state index contributed by atoms with van der Waals surface area (Å²) in [6.45, 7) is 0. The van der Waals surface area contributed by atoms with Gasteiger partial charge in [-0.05, 0) is 45.8 Å². The summed E-state index contributed by atoms with van der Waals surface area (Å²) in [5.74, 6) is -0.542. The van der Waals surface area contributed by atoms with Gasteiger partial charge in [0.15, 0.2) is 0 Å². The molecule has 0 spiro atoms. The molecule has 0 saturated carbocycles. The third kappa shape index (κ3) is 2.20. The Kier molecular flexibility index (Phi) is 3.53. The van der Waals surface area contributed by atoms with E-state index in [1.165, 1.54) is 12.1 Å². The van der Waals surface area contributed by atoms with Crippen LogP contribution in [0.3, 0.4) is 0 Å². The van der Waals surface area contributed by atoms with Crippen molar-refractivity contribution in [2.24, 2.45) is 0 Å². The van der Waals surface area contributed by atoms with Crippen LogP contribution in [0, 0.1) is 11.6 Å². The molecule has 0 unspecified atom stereocenters. The van der Waals surface area contributed by atoms with Gasteiger partial charge in [-0.25, -0.2) is 8.78 Å². The molecule has 0 fully saturated rings. The van der Waals surface area contributed by atoms with E-state index in [1.54, 1.807) is 0 Å². The molecule has 66 valence electrons. The molecule has 4 heteroatoms. The summed E-state index contributed by atoms with van der Waals surface area (Å²) in [6, 6.07) is 2.62. The quantitative estimate of drug-likeness (QED) is 0.607. The molecule has 1 aromatic rings. The number of halogens is 3. The lowest BCUT2D eigenvalue weighted by molar-refractivity contribution is 0.569. The maximum absolute atomic E-state index is 12.9. The number of benzene rings is 1. The van der Waals surface area contributed by atoms with Gasteiger partial charge in [0.25, 0.3) is 0 Å². The highest BCUT2D eigenvalue weighted by molar-refractivity contribution is 9.10. The predicted molar refractivity (Wildman–Crippen MR) is 51.6 cm³/mol. The minimum absolute atomic E-state index is 0.106. The summed E-state index contributed by atoms with van der Waals surface area (Å²) in [6.07, 6.45) is 0.574. The summed E-state index contributed by atoms with van der Waals surface area (Å²) < 4.78 is 25.6. The highest BCUT2D eigenvalue weighted by Crippen LogP contribution is 2.21. The highest BCUT2D eigenvalue weighted by Gasteiger charge is 2.07. The standard InChI is InChI=1S/C8H7BrF2S/c9-8-6(10)3-5(1-2-12)4-7(8)11/h3-4,12H,1-2H2. The maximum atomic E-state index is 12.9. The first-order chi connectivity index (χ1) is 5.65. The van der Waals surface area contributed by atoms with E-state index in [0.717, 1.165) is 0 Å². The van der Waals surface area contributed by atoms with Crippen LogP contribution in [0.5, 0.6) is 0 Å². The third-order valence-corrected chi connectivity index (χ3v) is 2.43. The summed E-state index contributed by atoms with van der Waals surface area (Å²) in [5, 5.41) is 0. The number of hydrogen-bond donors (Lipinski definition) is 1. The second-order valence-electron chi connectivity index (χ2n) is 2.35. The molecule has 0 aromatic heterocycles. The van der Waals surface area contributed by atoms with Crippen molar-refractivity contribution in [1.82, 2.24) is 0 Å². The first-order valence-corrected chi connectivity index (χ1v) is 4.82. The third-order valence-electron chi connectivity index (χ3n) is 1.44. The maximum Gasteiger partial charge on any atom is 0.140 e. The lowest BCUT2D eigenvalue weighted by atomic mass is 10.2. The molecule has 0 aliphatic carbocycles. The zero-order chi connectivity index (χ0) is 9.14. The van der Waals surface area contributed by atoms with Gasteiger partial charge in [-0.2, -0.15) is 12.6 Å². The minimum atomic E-state index is -0.563. The fraction of sp³-hybridized carbons (Fsp3) is 0.250. The van der Waals surface area contributed by atoms with Crippen LogP contribution < -0.4 is 0 Å². The summed E-state index contributed by atoms with van der Waals surface area (Å²) >= 11 is 6.76. The van der Waals surface area contributed by atoms with E-state index in [0.29, 0.717) is 17.7 Å². The zero-order valence-corrected chi connectivity index (χ0v) is 8.63. The van der Waals surface area contributed by atoms with E-state index in [2.05, 4.69) is 28.6 Å². The van der Waals surface area contributed by atoms with Crippen LogP contribution >= 0.6 is 28.6 Å². The summed E-state index contributed by atoms with van der Waals surface area (Å²) in [7, 11) is 0. The van der Waals surface area contributed by atoms with Gasteiger partial charge in [-0.15, -0.1) is 0 Å². The second kappa shape index (κ2) is 4.23. The van der Waals surface area contributed by atoms with Crippen molar-refractivity contribution < 1.29 is 8.78 Å². The van der Waals surface area contributed by atoms with Crippen molar-refractivity contribution in [3.05, 3.63) is 33.8 Å². The average molecular weight is 253 g/mol. The fourth-order valence-electron chi connectivity index (χ4n) is 0.881. The van der Waals surface area contributed by atoms with Gasteiger partial charge in [0.1, 0.15) is 11.6 Å². The molecule has 0 saturated heterocycles. The normalized spacial score (nSPS) is 10.3. The van der Waals surface area contributed by atoms with Gasteiger partial charge in [-0.1, -0.05) is 0 Å². The molecule has 0 aliphatic heterocycles. The predicted octanol–water partition coefficient (Wildman–Crippen LogP) is 3.20. The summed E-state index contributed by atoms with van der Waals surface area (Å²) in [5.41, 5.74) is 0.628. The number of thiol groups is 1. The van der Waals surface area contributed by atoms with Crippen molar-refractivity contribution >= 4 is 28.6 Å². The Balaban J connectivity index is 3.04. The molecule has 0 radical (unpaired) electrons. The smallest absolute Gasteiger partial charge is 0.140 e. The van der Waals surface area contributed by atoms with Gasteiger partial charge in [0.05, 0.1) is 4.47 Å². The average Bonchev–Trinajstić information content (AvgIpc) is 2.01. The monoisotopic (exact) mass is 252 g/mol. The Morgan fingerprint density at radius 3 is 2.17 bits per heavy atom. The van der Waals surface area contributed by atoms with Crippen LogP contribution in [0.1, 0.15) is 5.56 Å². The van der Waals surface area contributed by atoms with E-state index in [1.807, 2.05) is 0 Å². The first-order valence-electron chi connectivity index (χ1n) is 3.39. The Morgan fingerprint density at radius 2 is 1.75 bits per heavy atom. The topological polar surface area (TPSA) is 0 Å². The summed E-state index contributed by atoms with van der Waals surface area (Å²) in [4.78, 5) is 0. The molecular weight excluding hydrogens is 246 g/mol. The molecular formula is C8H7BrF2S. The lowest BCUT2D eigenvalue weighted by Crippen LogP contribution is -1.92. The van der Waals surface area contributed by atoms with E-state index in [9.17, 15) is 8.78 Å². The SMILES string of the molecule is Fc1cc(CCS)cc(F)c1Br. The Hall–Kier alpha value is -0.0900. The molecule has 0 N–H and O–H groups in total. The van der Waals surface area contributed by atoms with E-state index >= 15 is 0 Å². The van der Waals surface area contributed by atoms with Gasteiger partial charge < -0.3 is 0 Å². The fourth-order valence-corrected chi connectivity index (χ4v) is 1.37. The van der Waals surface area contributed by atoms with Crippen molar-refractivity contribution in [2.45, 2.75) is 6.42 Å². The minimum Gasteiger partial charge on any atom is -0.206 e. The lowest BCUT2D eigenvalue weighted by Gasteiger charge is -2.01. The van der Waals surface area contributed by atoms with E-state index in [4.69, 9.17) is 0 Å². The van der Waals surface area contributed by atoms with Gasteiger partial charge >= 0.3 is 0 Å². The second-order valence-corrected chi connectivity index (χ2v) is 3.59. The van der Waals surface area contributed by atoms with Crippen LogP contribution in [0.4, 0.5) is 8.78 Å². The zero-order valence-electron chi connectivity index (χ0n) is 6.15. The van der Waals surface area contributed by atoms with Crippen molar-refractivity contribution in [2.75, 3.05) is 5.75 Å². The largest absolute Gasteiger partial charge is 0.206 e. The molecule has 1 aromatic carbocycles. The molecule has 12 heavy (non-hydrogen) atoms. The van der Waals surface area contributed by atoms with Crippen LogP contribution in [0.15, 0.2) is 16.6 Å². The highest BCUT2D eigenvalue weighted by atomic mass is 79.9. The molecule has 0 atom stereocenters. The van der Waals surface area contributed by atoms with E-state index < -0.39 is 11.6 Å². The van der Waals surface area contributed by atoms with Gasteiger partial charge in [0.2, 0.25) is 0 Å².